The first-order valence-corrected chi connectivity index (χ1v) is 9.13. The minimum Gasteiger partial charge on any atom is -0.506 e. The number of aromatic hydroxyl groups is 1. The lowest BCUT2D eigenvalue weighted by atomic mass is 10.2. The fourth-order valence-electron chi connectivity index (χ4n) is 1.46. The number of hydrogen-bond donors (Lipinski definition) is 3. The topological polar surface area (TPSA) is 104 Å². The minimum atomic E-state index is -3.90. The molecule has 6 nitrogen and oxygen atoms in total. The predicted octanol–water partition coefficient (Wildman–Crippen LogP) is 3.48. The molecule has 0 atom stereocenters. The van der Waals surface area contributed by atoms with Crippen molar-refractivity contribution in [1.82, 2.24) is 0 Å². The number of benzene rings is 1. The van der Waals surface area contributed by atoms with Gasteiger partial charge < -0.3 is 10.2 Å². The number of carboxylic acids is 1. The summed E-state index contributed by atoms with van der Waals surface area (Å²) in [6, 6.07) is 4.77. The average molecular weight is 457 g/mol. The number of nitrogens with one attached hydrogen (secondary N) is 1. The molecule has 0 unspecified atom stereocenters. The Morgan fingerprint density at radius 3 is 2.38 bits per heavy atom. The Morgan fingerprint density at radius 2 is 1.90 bits per heavy atom. The van der Waals surface area contributed by atoms with Crippen LogP contribution in [0.3, 0.4) is 0 Å². The van der Waals surface area contributed by atoms with Crippen LogP contribution in [0.2, 0.25) is 0 Å². The van der Waals surface area contributed by atoms with Crippen molar-refractivity contribution in [3.63, 3.8) is 0 Å². The Labute approximate surface area is 140 Å². The van der Waals surface area contributed by atoms with Crippen molar-refractivity contribution in [2.24, 2.45) is 0 Å². The van der Waals surface area contributed by atoms with Crippen LogP contribution in [0.5, 0.6) is 5.75 Å². The lowest BCUT2D eigenvalue weighted by Gasteiger charge is -2.09. The zero-order chi connectivity index (χ0) is 15.8. The van der Waals surface area contributed by atoms with Gasteiger partial charge in [-0.2, -0.15) is 0 Å². The van der Waals surface area contributed by atoms with Gasteiger partial charge in [0.2, 0.25) is 0 Å². The maximum absolute atomic E-state index is 12.2. The van der Waals surface area contributed by atoms with Crippen molar-refractivity contribution < 1.29 is 23.4 Å². The van der Waals surface area contributed by atoms with Gasteiger partial charge in [0.1, 0.15) is 10.6 Å². The molecule has 1 heterocycles. The van der Waals surface area contributed by atoms with Gasteiger partial charge in [0.15, 0.2) is 0 Å². The van der Waals surface area contributed by atoms with Gasteiger partial charge in [-0.15, -0.1) is 11.3 Å². The first-order chi connectivity index (χ1) is 9.70. The van der Waals surface area contributed by atoms with Crippen LogP contribution in [0.15, 0.2) is 36.7 Å². The number of anilines is 1. The molecule has 10 heteroatoms. The van der Waals surface area contributed by atoms with Gasteiger partial charge in [-0.25, -0.2) is 13.2 Å². The van der Waals surface area contributed by atoms with E-state index in [1.807, 2.05) is 0 Å². The highest BCUT2D eigenvalue weighted by Gasteiger charge is 2.22. The van der Waals surface area contributed by atoms with E-state index in [4.69, 9.17) is 5.11 Å². The number of phenolic OH excluding ortho intramolecular Hbond substituents is 1. The maximum Gasteiger partial charge on any atom is 0.335 e. The van der Waals surface area contributed by atoms with E-state index in [2.05, 4.69) is 36.6 Å². The van der Waals surface area contributed by atoms with Crippen molar-refractivity contribution in [3.05, 3.63) is 37.4 Å². The fraction of sp³-hybridized carbons (Fsp3) is 0. The number of rotatable bonds is 4. The molecule has 0 aliphatic rings. The lowest BCUT2D eigenvalue weighted by Crippen LogP contribution is -2.13. The summed E-state index contributed by atoms with van der Waals surface area (Å²) < 4.78 is 27.7. The summed E-state index contributed by atoms with van der Waals surface area (Å²) in [6.07, 6.45) is 0. The number of thiophene rings is 1. The molecule has 21 heavy (non-hydrogen) atoms. The molecule has 0 saturated carbocycles. The Bertz CT molecular complexity index is 816. The second-order valence-electron chi connectivity index (χ2n) is 3.83. The molecule has 0 spiro atoms. The average Bonchev–Trinajstić information content (AvgIpc) is 2.71. The lowest BCUT2D eigenvalue weighted by molar-refractivity contribution is 0.0696. The van der Waals surface area contributed by atoms with Crippen LogP contribution in [-0.2, 0) is 10.0 Å². The number of phenols is 1. The molecule has 3 N–H and O–H groups in total. The van der Waals surface area contributed by atoms with Crippen molar-refractivity contribution in [2.45, 2.75) is 4.90 Å². The number of sulfonamides is 1. The standard InChI is InChI=1S/C11H7Br2NO5S2/c12-9-4-8(10(13)20-9)21(18,19)14-6-2-1-5(11(16)17)3-7(6)15/h1-4,14-15H,(H,16,17). The van der Waals surface area contributed by atoms with Gasteiger partial charge in [-0.05, 0) is 56.1 Å². The molecule has 0 bridgehead atoms. The van der Waals surface area contributed by atoms with Crippen LogP contribution in [0.1, 0.15) is 10.4 Å². The molecule has 0 aliphatic carbocycles. The third-order valence-electron chi connectivity index (χ3n) is 2.40. The quantitative estimate of drug-likeness (QED) is 0.611. The first-order valence-electron chi connectivity index (χ1n) is 5.24. The van der Waals surface area contributed by atoms with Crippen LogP contribution < -0.4 is 4.72 Å². The SMILES string of the molecule is O=C(O)c1ccc(NS(=O)(=O)c2cc(Br)sc2Br)c(O)c1. The smallest absolute Gasteiger partial charge is 0.335 e. The molecule has 1 aromatic carbocycles. The summed E-state index contributed by atoms with van der Waals surface area (Å²) in [4.78, 5) is 10.8. The Hall–Kier alpha value is -1.10. The van der Waals surface area contributed by atoms with Crippen LogP contribution in [-0.4, -0.2) is 24.6 Å². The zero-order valence-electron chi connectivity index (χ0n) is 10.0. The van der Waals surface area contributed by atoms with Crippen molar-refractivity contribution in [1.29, 1.82) is 0 Å². The predicted molar refractivity (Wildman–Crippen MR) is 85.6 cm³/mol. The van der Waals surface area contributed by atoms with Crippen LogP contribution in [0.4, 0.5) is 5.69 Å². The molecule has 0 fully saturated rings. The molecule has 0 amide bonds. The fourth-order valence-corrected chi connectivity index (χ4v) is 6.35. The largest absolute Gasteiger partial charge is 0.506 e. The van der Waals surface area contributed by atoms with Crippen molar-refractivity contribution in [3.8, 4) is 5.75 Å². The summed E-state index contributed by atoms with van der Waals surface area (Å²) in [7, 11) is -3.90. The van der Waals surface area contributed by atoms with E-state index in [0.717, 1.165) is 6.07 Å². The van der Waals surface area contributed by atoms with E-state index >= 15 is 0 Å². The van der Waals surface area contributed by atoms with E-state index in [9.17, 15) is 18.3 Å². The highest BCUT2D eigenvalue weighted by molar-refractivity contribution is 9.12. The highest BCUT2D eigenvalue weighted by atomic mass is 79.9. The number of carboxylic acid groups (broad SMARTS) is 1. The Morgan fingerprint density at radius 1 is 1.24 bits per heavy atom. The zero-order valence-corrected chi connectivity index (χ0v) is 14.8. The van der Waals surface area contributed by atoms with Gasteiger partial charge in [-0.3, -0.25) is 4.72 Å². The van der Waals surface area contributed by atoms with Gasteiger partial charge in [0.05, 0.1) is 18.8 Å². The maximum atomic E-state index is 12.2. The minimum absolute atomic E-state index is 0.0149. The number of aromatic carboxylic acids is 1. The molecular formula is C11H7Br2NO5S2. The second-order valence-corrected chi connectivity index (χ2v) is 9.23. The normalized spacial score (nSPS) is 11.3. The highest BCUT2D eigenvalue weighted by Crippen LogP contribution is 2.36. The van der Waals surface area contributed by atoms with E-state index in [1.165, 1.54) is 29.5 Å². The molecular weight excluding hydrogens is 450 g/mol. The monoisotopic (exact) mass is 455 g/mol. The molecule has 0 aliphatic heterocycles. The van der Waals surface area contributed by atoms with E-state index in [0.29, 0.717) is 7.57 Å². The summed E-state index contributed by atoms with van der Waals surface area (Å²) in [6.45, 7) is 0. The number of hydrogen-bond acceptors (Lipinski definition) is 5. The summed E-state index contributed by atoms with van der Waals surface area (Å²) in [5.74, 6) is -1.69. The van der Waals surface area contributed by atoms with Gasteiger partial charge >= 0.3 is 5.97 Å². The summed E-state index contributed by atoms with van der Waals surface area (Å²) in [5.41, 5.74) is -0.246. The molecule has 0 radical (unpaired) electrons. The summed E-state index contributed by atoms with van der Waals surface area (Å²) in [5, 5.41) is 18.5. The van der Waals surface area contributed by atoms with Crippen molar-refractivity contribution in [2.75, 3.05) is 4.72 Å². The Kier molecular flexibility index (Phi) is 4.61. The van der Waals surface area contributed by atoms with Crippen molar-refractivity contribution >= 4 is 64.9 Å². The third-order valence-corrected chi connectivity index (χ3v) is 6.52. The molecule has 2 aromatic rings. The van der Waals surface area contributed by atoms with Gasteiger partial charge in [-0.1, -0.05) is 0 Å². The molecule has 0 saturated heterocycles. The molecule has 2 rings (SSSR count). The second kappa shape index (κ2) is 5.95. The van der Waals surface area contributed by atoms with E-state index in [-0.39, 0.29) is 16.1 Å². The molecule has 112 valence electrons. The van der Waals surface area contributed by atoms with Gasteiger partial charge in [0, 0.05) is 0 Å². The Balaban J connectivity index is 2.37. The van der Waals surface area contributed by atoms with Crippen LogP contribution in [0.25, 0.3) is 0 Å². The first kappa shape index (κ1) is 16.3. The van der Waals surface area contributed by atoms with Crippen LogP contribution in [0, 0.1) is 0 Å². The van der Waals surface area contributed by atoms with E-state index in [1.54, 1.807) is 0 Å². The van der Waals surface area contributed by atoms with E-state index < -0.39 is 21.7 Å². The van der Waals surface area contributed by atoms with Gasteiger partial charge in [0.25, 0.3) is 10.0 Å². The number of carbonyl (C=O) groups is 1. The molecule has 1 aromatic heterocycles. The number of halogens is 2. The summed E-state index contributed by atoms with van der Waals surface area (Å²) >= 11 is 7.52. The van der Waals surface area contributed by atoms with Crippen LogP contribution >= 0.6 is 43.2 Å². The third kappa shape index (κ3) is 3.57.